The van der Waals surface area contributed by atoms with Crippen molar-refractivity contribution in [3.63, 3.8) is 0 Å². The highest BCUT2D eigenvalue weighted by molar-refractivity contribution is 5.40. The topological polar surface area (TPSA) is 69.4 Å². The molecule has 1 aromatic carbocycles. The molecule has 0 amide bonds. The summed E-state index contributed by atoms with van der Waals surface area (Å²) < 4.78 is 13.1. The Morgan fingerprint density at radius 3 is 2.80 bits per heavy atom. The van der Waals surface area contributed by atoms with Crippen molar-refractivity contribution in [3.05, 3.63) is 35.9 Å². The third-order valence-electron chi connectivity index (χ3n) is 2.84. The third-order valence-corrected chi connectivity index (χ3v) is 2.84. The summed E-state index contributed by atoms with van der Waals surface area (Å²) in [6.07, 6.45) is 2.56. The van der Waals surface area contributed by atoms with Crippen molar-refractivity contribution in [1.82, 2.24) is 14.8 Å². The maximum atomic E-state index is 9.34. The van der Waals surface area contributed by atoms with E-state index in [4.69, 9.17) is 9.47 Å². The molecule has 6 heteroatoms. The van der Waals surface area contributed by atoms with Gasteiger partial charge < -0.3 is 19.1 Å². The molecule has 0 saturated heterocycles. The lowest BCUT2D eigenvalue weighted by molar-refractivity contribution is 0.251. The van der Waals surface area contributed by atoms with Gasteiger partial charge in [-0.1, -0.05) is 6.92 Å². The molecule has 0 atom stereocenters. The Labute approximate surface area is 118 Å². The minimum absolute atomic E-state index is 0.0811. The second-order valence-corrected chi connectivity index (χ2v) is 4.42. The van der Waals surface area contributed by atoms with Crippen LogP contribution in [0.1, 0.15) is 24.7 Å². The molecule has 0 radical (unpaired) electrons. The Balaban J connectivity index is 2.09. The molecule has 1 N–H and O–H groups in total. The summed E-state index contributed by atoms with van der Waals surface area (Å²) in [6.45, 7) is 2.91. The first-order valence-electron chi connectivity index (χ1n) is 6.56. The monoisotopic (exact) mass is 277 g/mol. The second kappa shape index (κ2) is 6.91. The number of aliphatic hydroxyl groups excluding tert-OH is 1. The first kappa shape index (κ1) is 14.3. The largest absolute Gasteiger partial charge is 0.493 e. The van der Waals surface area contributed by atoms with Crippen molar-refractivity contribution < 1.29 is 14.6 Å². The molecule has 0 fully saturated rings. The van der Waals surface area contributed by atoms with E-state index in [1.54, 1.807) is 23.0 Å². The van der Waals surface area contributed by atoms with Gasteiger partial charge in [-0.2, -0.15) is 0 Å². The standard InChI is InChI=1S/C14H19N3O3/c1-3-6-19-12-5-4-11(8-18)13(7-12)20-9-14-16-15-10-17(14)2/h4-5,7,10,18H,3,6,8-9H2,1-2H3. The highest BCUT2D eigenvalue weighted by Gasteiger charge is 2.08. The maximum absolute atomic E-state index is 9.34. The van der Waals surface area contributed by atoms with E-state index in [0.717, 1.165) is 17.7 Å². The Morgan fingerprint density at radius 2 is 2.15 bits per heavy atom. The van der Waals surface area contributed by atoms with E-state index in [-0.39, 0.29) is 6.61 Å². The summed E-state index contributed by atoms with van der Waals surface area (Å²) >= 11 is 0. The van der Waals surface area contributed by atoms with Crippen LogP contribution in [0.5, 0.6) is 11.5 Å². The zero-order chi connectivity index (χ0) is 14.4. The SMILES string of the molecule is CCCOc1ccc(CO)c(OCc2nncn2C)c1. The minimum atomic E-state index is -0.0811. The Kier molecular flexibility index (Phi) is 4.95. The number of hydrogen-bond acceptors (Lipinski definition) is 5. The molecule has 0 aliphatic heterocycles. The molecule has 0 spiro atoms. The lowest BCUT2D eigenvalue weighted by Crippen LogP contribution is -2.05. The van der Waals surface area contributed by atoms with Crippen LogP contribution in [0.2, 0.25) is 0 Å². The van der Waals surface area contributed by atoms with Gasteiger partial charge in [-0.05, 0) is 18.6 Å². The van der Waals surface area contributed by atoms with Crippen LogP contribution < -0.4 is 9.47 Å². The van der Waals surface area contributed by atoms with Gasteiger partial charge in [0.15, 0.2) is 5.82 Å². The van der Waals surface area contributed by atoms with Crippen molar-refractivity contribution in [2.45, 2.75) is 26.6 Å². The van der Waals surface area contributed by atoms with E-state index < -0.39 is 0 Å². The van der Waals surface area contributed by atoms with E-state index in [2.05, 4.69) is 10.2 Å². The normalized spacial score (nSPS) is 10.6. The Bertz CT molecular complexity index is 554. The summed E-state index contributed by atoms with van der Waals surface area (Å²) in [5.41, 5.74) is 0.719. The molecule has 108 valence electrons. The van der Waals surface area contributed by atoms with Crippen molar-refractivity contribution in [2.75, 3.05) is 6.61 Å². The fourth-order valence-electron chi connectivity index (χ4n) is 1.69. The minimum Gasteiger partial charge on any atom is -0.493 e. The smallest absolute Gasteiger partial charge is 0.170 e. The molecule has 0 saturated carbocycles. The predicted molar refractivity (Wildman–Crippen MR) is 73.5 cm³/mol. The van der Waals surface area contributed by atoms with E-state index in [1.807, 2.05) is 20.0 Å². The number of aliphatic hydroxyl groups is 1. The number of aryl methyl sites for hydroxylation is 1. The van der Waals surface area contributed by atoms with E-state index >= 15 is 0 Å². The summed E-state index contributed by atoms with van der Waals surface area (Å²) in [5, 5.41) is 17.1. The highest BCUT2D eigenvalue weighted by atomic mass is 16.5. The van der Waals surface area contributed by atoms with Crippen molar-refractivity contribution in [2.24, 2.45) is 7.05 Å². The van der Waals surface area contributed by atoms with Crippen LogP contribution in [-0.2, 0) is 20.3 Å². The van der Waals surface area contributed by atoms with Crippen molar-refractivity contribution in [3.8, 4) is 11.5 Å². The highest BCUT2D eigenvalue weighted by Crippen LogP contribution is 2.26. The number of aromatic nitrogens is 3. The Morgan fingerprint density at radius 1 is 1.30 bits per heavy atom. The number of nitrogens with zero attached hydrogens (tertiary/aromatic N) is 3. The van der Waals surface area contributed by atoms with Gasteiger partial charge in [-0.15, -0.1) is 10.2 Å². The summed E-state index contributed by atoms with van der Waals surface area (Å²) in [5.74, 6) is 2.05. The maximum Gasteiger partial charge on any atom is 0.170 e. The van der Waals surface area contributed by atoms with Crippen molar-refractivity contribution in [1.29, 1.82) is 0 Å². The molecule has 1 aromatic heterocycles. The summed E-state index contributed by atoms with van der Waals surface area (Å²) in [4.78, 5) is 0. The molecule has 0 aliphatic carbocycles. The fraction of sp³-hybridized carbons (Fsp3) is 0.429. The number of benzene rings is 1. The average Bonchev–Trinajstić information content (AvgIpc) is 2.88. The van der Waals surface area contributed by atoms with Gasteiger partial charge >= 0.3 is 0 Å². The summed E-state index contributed by atoms with van der Waals surface area (Å²) in [7, 11) is 1.85. The summed E-state index contributed by atoms with van der Waals surface area (Å²) in [6, 6.07) is 5.42. The molecule has 1 heterocycles. The van der Waals surface area contributed by atoms with E-state index in [0.29, 0.717) is 24.8 Å². The number of rotatable bonds is 7. The molecular weight excluding hydrogens is 258 g/mol. The fourth-order valence-corrected chi connectivity index (χ4v) is 1.69. The van der Waals surface area contributed by atoms with E-state index in [9.17, 15) is 5.11 Å². The van der Waals surface area contributed by atoms with Crippen LogP contribution in [0, 0.1) is 0 Å². The average molecular weight is 277 g/mol. The van der Waals surface area contributed by atoms with Crippen LogP contribution >= 0.6 is 0 Å². The second-order valence-electron chi connectivity index (χ2n) is 4.42. The lowest BCUT2D eigenvalue weighted by Gasteiger charge is -2.12. The first-order chi connectivity index (χ1) is 9.74. The van der Waals surface area contributed by atoms with Crippen LogP contribution in [-0.4, -0.2) is 26.5 Å². The van der Waals surface area contributed by atoms with Gasteiger partial charge in [-0.25, -0.2) is 0 Å². The lowest BCUT2D eigenvalue weighted by atomic mass is 10.2. The molecule has 2 rings (SSSR count). The molecule has 20 heavy (non-hydrogen) atoms. The van der Waals surface area contributed by atoms with Gasteiger partial charge in [0.05, 0.1) is 13.2 Å². The van der Waals surface area contributed by atoms with Gasteiger partial charge in [0, 0.05) is 18.7 Å². The molecule has 2 aromatic rings. The predicted octanol–water partition coefficient (Wildman–Crippen LogP) is 1.68. The zero-order valence-corrected chi connectivity index (χ0v) is 11.7. The number of ether oxygens (including phenoxy) is 2. The van der Waals surface area contributed by atoms with Gasteiger partial charge in [0.2, 0.25) is 0 Å². The van der Waals surface area contributed by atoms with Gasteiger partial charge in [0.1, 0.15) is 24.4 Å². The quantitative estimate of drug-likeness (QED) is 0.833. The van der Waals surface area contributed by atoms with Crippen molar-refractivity contribution >= 4 is 0 Å². The van der Waals surface area contributed by atoms with Crippen LogP contribution in [0.25, 0.3) is 0 Å². The van der Waals surface area contributed by atoms with Gasteiger partial charge in [0.25, 0.3) is 0 Å². The number of hydrogen-bond donors (Lipinski definition) is 1. The molecule has 0 aliphatic rings. The molecule has 6 nitrogen and oxygen atoms in total. The molecule has 0 unspecified atom stereocenters. The first-order valence-corrected chi connectivity index (χ1v) is 6.56. The zero-order valence-electron chi connectivity index (χ0n) is 11.7. The van der Waals surface area contributed by atoms with Gasteiger partial charge in [-0.3, -0.25) is 0 Å². The van der Waals surface area contributed by atoms with Crippen LogP contribution in [0.4, 0.5) is 0 Å². The Hall–Kier alpha value is -2.08. The third kappa shape index (κ3) is 3.48. The van der Waals surface area contributed by atoms with Crippen LogP contribution in [0.3, 0.4) is 0 Å². The molecular formula is C14H19N3O3. The molecule has 0 bridgehead atoms. The van der Waals surface area contributed by atoms with E-state index in [1.165, 1.54) is 0 Å². The van der Waals surface area contributed by atoms with Crippen LogP contribution in [0.15, 0.2) is 24.5 Å².